The first-order valence-corrected chi connectivity index (χ1v) is 30.2. The van der Waals surface area contributed by atoms with Gasteiger partial charge < -0.3 is 10.2 Å². The van der Waals surface area contributed by atoms with Gasteiger partial charge in [-0.25, -0.2) is 0 Å². The molecule has 8 rings (SSSR count). The molecule has 6 aromatic carbocycles. The van der Waals surface area contributed by atoms with Crippen molar-refractivity contribution in [3.8, 4) is 11.5 Å². The van der Waals surface area contributed by atoms with Crippen LogP contribution in [0.25, 0.3) is 46.1 Å². The number of pyridine rings is 2. The largest absolute Gasteiger partial charge is 0.504 e. The molecule has 2 heterocycles. The van der Waals surface area contributed by atoms with Crippen molar-refractivity contribution in [1.82, 2.24) is 9.97 Å². The predicted octanol–water partition coefficient (Wildman–Crippen LogP) is 9.26. The fraction of sp³-hybridized carbons (Fsp3) is 0. The van der Waals surface area contributed by atoms with E-state index in [9.17, 15) is 88.0 Å². The zero-order valence-corrected chi connectivity index (χ0v) is 44.3. The zero-order valence-electron chi connectivity index (χ0n) is 39.4. The zero-order chi connectivity index (χ0) is 58.3. The molecule has 0 spiro atoms. The van der Waals surface area contributed by atoms with Crippen molar-refractivity contribution < 1.29 is 88.0 Å². The highest BCUT2D eigenvalue weighted by atomic mass is 32.2. The van der Waals surface area contributed by atoms with Crippen LogP contribution in [-0.2, 0) is 60.7 Å². The molecule has 28 nitrogen and oxygen atoms in total. The highest BCUT2D eigenvalue weighted by Crippen LogP contribution is 2.41. The minimum Gasteiger partial charge on any atom is -0.504 e. The van der Waals surface area contributed by atoms with E-state index in [0.717, 1.165) is 97.1 Å². The average Bonchev–Trinajstić information content (AvgIpc) is 3.52. The molecule has 0 amide bonds. The van der Waals surface area contributed by atoms with Crippen molar-refractivity contribution in [2.24, 2.45) is 30.7 Å². The van der Waals surface area contributed by atoms with E-state index in [1.165, 1.54) is 48.8 Å². The van der Waals surface area contributed by atoms with Crippen molar-refractivity contribution in [1.29, 1.82) is 0 Å². The minimum absolute atomic E-state index is 0.151. The van der Waals surface area contributed by atoms with Gasteiger partial charge in [0.05, 0.1) is 22.7 Å². The Balaban J connectivity index is 1.05. The number of rotatable bonds is 16. The molecule has 0 bridgehead atoms. The quantitative estimate of drug-likeness (QED) is 0.0254. The van der Waals surface area contributed by atoms with Crippen LogP contribution in [0, 0.1) is 0 Å². The van der Waals surface area contributed by atoms with Gasteiger partial charge in [0, 0.05) is 23.2 Å². The molecule has 0 atom stereocenters. The van der Waals surface area contributed by atoms with E-state index in [2.05, 4.69) is 40.7 Å². The van der Waals surface area contributed by atoms with Gasteiger partial charge in [0.15, 0.2) is 11.5 Å². The first-order chi connectivity index (χ1) is 37.3. The second-order valence-electron chi connectivity index (χ2n) is 16.3. The third-order valence-electron chi connectivity index (χ3n) is 11.0. The summed E-state index contributed by atoms with van der Waals surface area (Å²) in [6.07, 6.45) is 6.55. The van der Waals surface area contributed by atoms with Crippen molar-refractivity contribution in [3.05, 3.63) is 144 Å². The molecule has 0 aliphatic carbocycles. The van der Waals surface area contributed by atoms with Crippen LogP contribution in [0.3, 0.4) is 0 Å². The molecule has 80 heavy (non-hydrogen) atoms. The highest BCUT2D eigenvalue weighted by molar-refractivity contribution is 7.87. The Bertz CT molecular complexity index is 4500. The highest BCUT2D eigenvalue weighted by Gasteiger charge is 2.24. The van der Waals surface area contributed by atoms with Gasteiger partial charge in [-0.15, -0.1) is 10.2 Å². The molecule has 0 saturated carbocycles. The lowest BCUT2D eigenvalue weighted by Gasteiger charge is -2.08. The van der Waals surface area contributed by atoms with E-state index >= 15 is 0 Å². The molecule has 2 aromatic heterocycles. The van der Waals surface area contributed by atoms with Gasteiger partial charge in [0.25, 0.3) is 60.7 Å². The van der Waals surface area contributed by atoms with Gasteiger partial charge in [-0.1, -0.05) is 48.6 Å². The van der Waals surface area contributed by atoms with Crippen molar-refractivity contribution in [3.63, 3.8) is 0 Å². The number of azo groups is 3. The molecule has 8 aromatic rings. The summed E-state index contributed by atoms with van der Waals surface area (Å²) in [5, 5.41) is 44.0. The minimum atomic E-state index is -5.10. The molecule has 412 valence electrons. The fourth-order valence-electron chi connectivity index (χ4n) is 7.43. The van der Waals surface area contributed by atoms with Crippen molar-refractivity contribution in [2.75, 3.05) is 0 Å². The summed E-state index contributed by atoms with van der Waals surface area (Å²) in [4.78, 5) is 3.20. The standard InChI is InChI=1S/C46H32N8O20S6/c55-45-35(23-41(79(69,70)71)33-3-1-17-47-43(33)45)53-51-31-15-11-27(39(21-31)77(63,64)65)7-5-25-9-13-29(19-37(25)75(57,58)59)49-50-30-14-10-26(38(20-30)76(60,61)62)6-8-28-12-16-32(22-40(28)78(66,67)68)52-54-36-24-42(80(72,73)74)34-4-2-18-48-44(34)46(36)56/h1-24,55-56H,(H,57,58,59)(H,60,61,62)(H,63,64,65)(H,66,67,68)(H,69,70,71)(H,72,73,74). The number of phenolic OH excluding ortho intramolecular Hbond substituents is 2. The third kappa shape index (κ3) is 13.0. The first-order valence-electron chi connectivity index (χ1n) is 21.5. The molecular formula is C46H32N8O20S6. The van der Waals surface area contributed by atoms with Crippen LogP contribution in [0.1, 0.15) is 22.3 Å². The van der Waals surface area contributed by atoms with Crippen molar-refractivity contribution >= 4 is 141 Å². The van der Waals surface area contributed by atoms with Crippen LogP contribution >= 0.6 is 0 Å². The van der Waals surface area contributed by atoms with Crippen LogP contribution in [-0.4, -0.2) is 98.0 Å². The molecule has 0 fully saturated rings. The van der Waals surface area contributed by atoms with Gasteiger partial charge >= 0.3 is 0 Å². The summed E-state index contributed by atoms with van der Waals surface area (Å²) in [6, 6.07) is 19.1. The van der Waals surface area contributed by atoms with E-state index in [1.807, 2.05) is 0 Å². The van der Waals surface area contributed by atoms with Crippen LogP contribution in [0.5, 0.6) is 11.5 Å². The predicted molar refractivity (Wildman–Crippen MR) is 282 cm³/mol. The van der Waals surface area contributed by atoms with E-state index in [-0.39, 0.29) is 66.8 Å². The van der Waals surface area contributed by atoms with Crippen LogP contribution in [0.2, 0.25) is 0 Å². The van der Waals surface area contributed by atoms with Gasteiger partial charge in [-0.3, -0.25) is 37.3 Å². The molecule has 0 aliphatic rings. The third-order valence-corrected chi connectivity index (χ3v) is 16.4. The lowest BCUT2D eigenvalue weighted by Crippen LogP contribution is -2.02. The Morgan fingerprint density at radius 1 is 0.325 bits per heavy atom. The number of hydrogen-bond acceptors (Lipinski definition) is 22. The Morgan fingerprint density at radius 3 is 0.825 bits per heavy atom. The van der Waals surface area contributed by atoms with Crippen LogP contribution < -0.4 is 0 Å². The maximum Gasteiger partial charge on any atom is 0.295 e. The number of phenols is 2. The number of nitrogens with zero attached hydrogens (tertiary/aromatic N) is 8. The Kier molecular flexibility index (Phi) is 15.6. The topological polar surface area (TPSA) is 467 Å². The first kappa shape index (κ1) is 57.6. The molecular weight excluding hydrogens is 1180 g/mol. The van der Waals surface area contributed by atoms with Crippen LogP contribution in [0.15, 0.2) is 182 Å². The summed E-state index contributed by atoms with van der Waals surface area (Å²) in [5.41, 5.74) is -3.77. The molecule has 8 N–H and O–H groups in total. The molecule has 0 aliphatic heterocycles. The average molecular weight is 1210 g/mol. The maximum absolute atomic E-state index is 12.6. The van der Waals surface area contributed by atoms with Crippen LogP contribution in [0.4, 0.5) is 34.1 Å². The van der Waals surface area contributed by atoms with E-state index in [1.54, 1.807) is 0 Å². The molecule has 0 radical (unpaired) electrons. The normalized spacial score (nSPS) is 13.3. The monoisotopic (exact) mass is 1210 g/mol. The second kappa shape index (κ2) is 21.6. The Labute approximate surface area is 451 Å². The molecule has 0 unspecified atom stereocenters. The fourth-order valence-corrected chi connectivity index (χ4v) is 11.7. The number of fused-ring (bicyclic) bond motifs is 2. The SMILES string of the molecule is O=S(=O)(O)c1cc(N=Nc2ccc(C=Cc3ccc(N=Nc4cc(S(=O)(=O)O)c5cccnc5c4O)cc3S(=O)(=O)O)c(S(=O)(=O)O)c2)ccc1C=Cc1ccc(N=Nc2cc(S(=O)(=O)O)c3cccnc3c2O)cc1S(=O)(=O)O. The lowest BCUT2D eigenvalue weighted by atomic mass is 10.1. The summed E-state index contributed by atoms with van der Waals surface area (Å²) < 4.78 is 209. The summed E-state index contributed by atoms with van der Waals surface area (Å²) in [7, 11) is -30.1. The number of benzene rings is 6. The van der Waals surface area contributed by atoms with Gasteiger partial charge in [0.2, 0.25) is 0 Å². The number of aromatic nitrogens is 2. The van der Waals surface area contributed by atoms with E-state index < -0.39 is 113 Å². The van der Waals surface area contributed by atoms with Crippen molar-refractivity contribution in [2.45, 2.75) is 29.4 Å². The molecule has 0 saturated heterocycles. The second-order valence-corrected chi connectivity index (χ2v) is 24.6. The van der Waals surface area contributed by atoms with Gasteiger partial charge in [-0.05, 0) is 107 Å². The number of hydrogen-bond donors (Lipinski definition) is 8. The van der Waals surface area contributed by atoms with Gasteiger partial charge in [0.1, 0.15) is 51.8 Å². The smallest absolute Gasteiger partial charge is 0.295 e. The van der Waals surface area contributed by atoms with E-state index in [0.29, 0.717) is 0 Å². The lowest BCUT2D eigenvalue weighted by molar-refractivity contribution is 0.476. The summed E-state index contributed by atoms with van der Waals surface area (Å²) in [6.45, 7) is 0. The maximum atomic E-state index is 12.6. The number of aromatic hydroxyl groups is 2. The summed E-state index contributed by atoms with van der Waals surface area (Å²) >= 11 is 0. The van der Waals surface area contributed by atoms with Gasteiger partial charge in [-0.2, -0.15) is 71.0 Å². The Morgan fingerprint density at radius 2 is 0.575 bits per heavy atom. The molecule has 34 heteroatoms. The Hall–Kier alpha value is -8.52. The summed E-state index contributed by atoms with van der Waals surface area (Å²) in [5.74, 6) is -1.31. The van der Waals surface area contributed by atoms with E-state index in [4.69, 9.17) is 0 Å².